The number of hydrogen-bond donors (Lipinski definition) is 1. The van der Waals surface area contributed by atoms with E-state index in [9.17, 15) is 0 Å². The van der Waals surface area contributed by atoms with Crippen molar-refractivity contribution < 1.29 is 14.0 Å². The summed E-state index contributed by atoms with van der Waals surface area (Å²) in [4.78, 5) is 6.08. The van der Waals surface area contributed by atoms with Crippen molar-refractivity contribution >= 4 is 28.9 Å². The van der Waals surface area contributed by atoms with Crippen molar-refractivity contribution in [2.24, 2.45) is 0 Å². The summed E-state index contributed by atoms with van der Waals surface area (Å²) >= 11 is 12.6. The Morgan fingerprint density at radius 2 is 2.10 bits per heavy atom. The number of benzene rings is 1. The van der Waals surface area contributed by atoms with Gasteiger partial charge in [0.1, 0.15) is 11.4 Å². The van der Waals surface area contributed by atoms with Gasteiger partial charge in [-0.25, -0.2) is 5.32 Å². The molecule has 3 heterocycles. The first-order valence-corrected chi connectivity index (χ1v) is 7.50. The summed E-state index contributed by atoms with van der Waals surface area (Å²) in [5, 5.41) is 6.69. The lowest BCUT2D eigenvalue weighted by Crippen LogP contribution is -2.33. The first-order valence-electron chi connectivity index (χ1n) is 6.74. The molecular weight excluding hydrogens is 313 g/mol. The normalized spacial score (nSPS) is 27.0. The van der Waals surface area contributed by atoms with Crippen LogP contribution in [0.4, 0.5) is 5.69 Å². The zero-order valence-electron chi connectivity index (χ0n) is 11.1. The molecule has 7 heteroatoms. The molecule has 0 amide bonds. The van der Waals surface area contributed by atoms with Gasteiger partial charge in [-0.05, 0) is 29.0 Å². The molecule has 2 atom stereocenters. The molecular formula is C14H14Cl2N3O2+. The number of nitrogens with zero attached hydrogens (tertiary/aromatic N) is 2. The van der Waals surface area contributed by atoms with E-state index in [1.54, 1.807) is 6.26 Å². The molecule has 1 aromatic carbocycles. The molecule has 110 valence electrons. The molecule has 0 aliphatic carbocycles. The van der Waals surface area contributed by atoms with Gasteiger partial charge in [-0.3, -0.25) is 0 Å². The molecule has 0 radical (unpaired) electrons. The van der Waals surface area contributed by atoms with Crippen LogP contribution in [0.25, 0.3) is 0 Å². The fourth-order valence-corrected chi connectivity index (χ4v) is 3.42. The number of para-hydroxylation sites is 1. The Kier molecular flexibility index (Phi) is 3.13. The number of hydroxylamine groups is 2. The zero-order chi connectivity index (χ0) is 14.4. The summed E-state index contributed by atoms with van der Waals surface area (Å²) in [5.74, 6) is 0.797. The van der Waals surface area contributed by atoms with Gasteiger partial charge in [0.15, 0.2) is 13.2 Å². The minimum Gasteiger partial charge on any atom is -0.467 e. The molecule has 21 heavy (non-hydrogen) atoms. The number of anilines is 1. The molecule has 0 bridgehead atoms. The predicted molar refractivity (Wildman–Crippen MR) is 79.4 cm³/mol. The summed E-state index contributed by atoms with van der Waals surface area (Å²) < 4.78 is 5.68. The van der Waals surface area contributed by atoms with E-state index < -0.39 is 0 Å². The quantitative estimate of drug-likeness (QED) is 0.691. The molecule has 2 fully saturated rings. The fraction of sp³-hybridized carbons (Fsp3) is 0.286. The predicted octanol–water partition coefficient (Wildman–Crippen LogP) is 3.16. The molecule has 4 rings (SSSR count). The van der Waals surface area contributed by atoms with E-state index in [2.05, 4.69) is 10.3 Å². The Hall–Kier alpha value is -1.24. The maximum Gasteiger partial charge on any atom is 0.321 e. The van der Waals surface area contributed by atoms with Crippen LogP contribution in [0.2, 0.25) is 10.0 Å². The van der Waals surface area contributed by atoms with E-state index >= 15 is 0 Å². The smallest absolute Gasteiger partial charge is 0.321 e. The topological polar surface area (TPSA) is 37.4 Å². The molecule has 2 saturated heterocycles. The first kappa shape index (κ1) is 13.4. The SMILES string of the molecule is Clc1cccc(Cl)c1N1C2NCC[N+]21OCc1ccco1. The summed E-state index contributed by atoms with van der Waals surface area (Å²) in [6.45, 7) is 2.12. The number of fused-ring (bicyclic) bond motifs is 1. The highest BCUT2D eigenvalue weighted by Crippen LogP contribution is 2.49. The molecule has 0 saturated carbocycles. The lowest BCUT2D eigenvalue weighted by atomic mass is 10.3. The number of quaternary nitrogens is 1. The summed E-state index contributed by atoms with van der Waals surface area (Å²) in [6.07, 6.45) is 1.70. The Labute approximate surface area is 132 Å². The van der Waals surface area contributed by atoms with Gasteiger partial charge >= 0.3 is 6.29 Å². The molecule has 0 spiro atoms. The molecule has 5 nitrogen and oxygen atoms in total. The second-order valence-corrected chi connectivity index (χ2v) is 5.89. The molecule has 1 N–H and O–H groups in total. The largest absolute Gasteiger partial charge is 0.467 e. The third-order valence-electron chi connectivity index (χ3n) is 3.86. The second kappa shape index (κ2) is 4.90. The maximum absolute atomic E-state index is 6.30. The highest BCUT2D eigenvalue weighted by Gasteiger charge is 2.73. The average Bonchev–Trinajstić information content (AvgIpc) is 2.91. The lowest BCUT2D eigenvalue weighted by molar-refractivity contribution is -1.02. The van der Waals surface area contributed by atoms with Gasteiger partial charge in [0.2, 0.25) is 0 Å². The van der Waals surface area contributed by atoms with Gasteiger partial charge in [0.25, 0.3) is 0 Å². The van der Waals surface area contributed by atoms with Crippen LogP contribution in [0.1, 0.15) is 5.76 Å². The van der Waals surface area contributed by atoms with Crippen molar-refractivity contribution in [3.05, 3.63) is 52.4 Å². The molecule has 2 unspecified atom stereocenters. The monoisotopic (exact) mass is 326 g/mol. The Morgan fingerprint density at radius 3 is 2.81 bits per heavy atom. The highest BCUT2D eigenvalue weighted by atomic mass is 35.5. The van der Waals surface area contributed by atoms with Gasteiger partial charge < -0.3 is 4.42 Å². The van der Waals surface area contributed by atoms with Crippen LogP contribution in [-0.4, -0.2) is 24.1 Å². The first-order chi connectivity index (χ1) is 10.2. The Balaban J connectivity index is 1.60. The summed E-state index contributed by atoms with van der Waals surface area (Å²) in [6, 6.07) is 9.25. The Morgan fingerprint density at radius 1 is 1.29 bits per heavy atom. The van der Waals surface area contributed by atoms with Crippen LogP contribution in [0, 0.1) is 0 Å². The van der Waals surface area contributed by atoms with E-state index in [4.69, 9.17) is 32.5 Å². The number of halogens is 2. The number of nitrogens with one attached hydrogen (secondary N) is 1. The Bertz CT molecular complexity index is 644. The minimum absolute atomic E-state index is 0.0531. The average molecular weight is 327 g/mol. The van der Waals surface area contributed by atoms with E-state index in [1.165, 1.54) is 0 Å². The van der Waals surface area contributed by atoms with Crippen LogP contribution < -0.4 is 10.3 Å². The van der Waals surface area contributed by atoms with Gasteiger partial charge in [0, 0.05) is 0 Å². The fourth-order valence-electron chi connectivity index (χ4n) is 2.85. The van der Waals surface area contributed by atoms with Crippen molar-refractivity contribution in [1.29, 1.82) is 0 Å². The maximum atomic E-state index is 6.30. The van der Waals surface area contributed by atoms with Crippen LogP contribution in [0.3, 0.4) is 0 Å². The molecule has 2 aliphatic heterocycles. The van der Waals surface area contributed by atoms with Crippen molar-refractivity contribution in [3.63, 3.8) is 0 Å². The highest BCUT2D eigenvalue weighted by molar-refractivity contribution is 6.39. The van der Waals surface area contributed by atoms with Gasteiger partial charge in [-0.1, -0.05) is 29.3 Å². The second-order valence-electron chi connectivity index (χ2n) is 5.07. The van der Waals surface area contributed by atoms with Crippen molar-refractivity contribution in [2.75, 3.05) is 18.1 Å². The number of rotatable bonds is 4. The van der Waals surface area contributed by atoms with Crippen LogP contribution in [0.5, 0.6) is 0 Å². The van der Waals surface area contributed by atoms with Crippen LogP contribution in [0.15, 0.2) is 41.0 Å². The molecule has 2 aromatic rings. The third-order valence-corrected chi connectivity index (χ3v) is 4.47. The van der Waals surface area contributed by atoms with Crippen molar-refractivity contribution in [3.8, 4) is 0 Å². The number of hydrogen-bond acceptors (Lipinski definition) is 4. The standard InChI is InChI=1S/C14H14Cl2N3O2/c15-11-4-1-5-12(16)13(11)18-14-17-6-7-19(14,18)21-9-10-3-2-8-20-10/h1-5,8,14,17H,6-7,9H2/q+1. The van der Waals surface area contributed by atoms with Gasteiger partial charge in [-0.2, -0.15) is 4.84 Å². The minimum atomic E-state index is 0.0531. The van der Waals surface area contributed by atoms with Crippen LogP contribution >= 0.6 is 23.2 Å². The van der Waals surface area contributed by atoms with Gasteiger partial charge in [-0.15, -0.1) is 5.01 Å². The van der Waals surface area contributed by atoms with Crippen molar-refractivity contribution in [2.45, 2.75) is 12.9 Å². The lowest BCUT2D eigenvalue weighted by Gasteiger charge is -2.15. The van der Waals surface area contributed by atoms with Crippen LogP contribution in [-0.2, 0) is 11.4 Å². The zero-order valence-corrected chi connectivity index (χ0v) is 12.6. The van der Waals surface area contributed by atoms with E-state index in [1.807, 2.05) is 30.3 Å². The van der Waals surface area contributed by atoms with E-state index in [0.717, 1.165) is 24.5 Å². The van der Waals surface area contributed by atoms with E-state index in [0.29, 0.717) is 21.4 Å². The summed E-state index contributed by atoms with van der Waals surface area (Å²) in [7, 11) is 0. The van der Waals surface area contributed by atoms with Crippen molar-refractivity contribution in [1.82, 2.24) is 5.32 Å². The van der Waals surface area contributed by atoms with E-state index in [-0.39, 0.29) is 6.29 Å². The summed E-state index contributed by atoms with van der Waals surface area (Å²) in [5.41, 5.74) is 0.803. The third kappa shape index (κ3) is 2.05. The van der Waals surface area contributed by atoms with Gasteiger partial charge in [0.05, 0.1) is 22.9 Å². The molecule has 2 aliphatic rings. The molecule has 1 aromatic heterocycles. The number of furan rings is 1.